The van der Waals surface area contributed by atoms with Crippen molar-refractivity contribution in [2.75, 3.05) is 18.4 Å². The van der Waals surface area contributed by atoms with Crippen LogP contribution in [0.4, 0.5) is 5.69 Å². The largest absolute Gasteiger partial charge is 0.489 e. The Kier molecular flexibility index (Phi) is 7.36. The summed E-state index contributed by atoms with van der Waals surface area (Å²) in [6.45, 7) is 6.14. The number of hydrogen-bond donors (Lipinski definition) is 1. The molecule has 5 nitrogen and oxygen atoms in total. The third-order valence-electron chi connectivity index (χ3n) is 4.77. The van der Waals surface area contributed by atoms with Crippen molar-refractivity contribution in [1.82, 2.24) is 9.88 Å². The maximum absolute atomic E-state index is 13.2. The van der Waals surface area contributed by atoms with Crippen LogP contribution in [0.5, 0.6) is 5.75 Å². The normalized spacial score (nSPS) is 11.8. The lowest BCUT2D eigenvalue weighted by molar-refractivity contribution is -0.121. The lowest BCUT2D eigenvalue weighted by atomic mass is 10.0. The highest BCUT2D eigenvalue weighted by Crippen LogP contribution is 2.24. The number of amides is 1. The Hall–Kier alpha value is -3.18. The Labute approximate surface area is 172 Å². The lowest BCUT2D eigenvalue weighted by Crippen LogP contribution is -2.37. The van der Waals surface area contributed by atoms with Crippen LogP contribution in [-0.4, -0.2) is 28.9 Å². The molecule has 1 aromatic heterocycles. The first kappa shape index (κ1) is 20.6. The van der Waals surface area contributed by atoms with Crippen molar-refractivity contribution >= 4 is 11.6 Å². The van der Waals surface area contributed by atoms with Gasteiger partial charge in [0, 0.05) is 29.7 Å². The van der Waals surface area contributed by atoms with Crippen molar-refractivity contribution in [3.63, 3.8) is 0 Å². The van der Waals surface area contributed by atoms with Crippen molar-refractivity contribution in [2.24, 2.45) is 0 Å². The number of nitrogens with zero attached hydrogens (tertiary/aromatic N) is 2. The number of benzene rings is 2. The molecular weight excluding hydrogens is 362 g/mol. The van der Waals surface area contributed by atoms with E-state index in [4.69, 9.17) is 4.74 Å². The van der Waals surface area contributed by atoms with Gasteiger partial charge in [-0.3, -0.25) is 14.7 Å². The summed E-state index contributed by atoms with van der Waals surface area (Å²) in [5.74, 6) is 0.648. The van der Waals surface area contributed by atoms with Crippen LogP contribution >= 0.6 is 0 Å². The number of hydrogen-bond acceptors (Lipinski definition) is 4. The highest BCUT2D eigenvalue weighted by Gasteiger charge is 2.25. The molecule has 29 heavy (non-hydrogen) atoms. The standard InChI is InChI=1S/C24H27N3O2/c1-3-27(4-2)23(20-11-6-5-7-12-20)24(28)26-21-13-8-14-22(16-21)29-18-19-10-9-15-25-17-19/h5-17,23H,3-4,18H2,1-2H3,(H,26,28). The molecule has 3 aromatic rings. The van der Waals surface area contributed by atoms with E-state index in [1.165, 1.54) is 0 Å². The Morgan fingerprint density at radius 1 is 1.03 bits per heavy atom. The smallest absolute Gasteiger partial charge is 0.246 e. The van der Waals surface area contributed by atoms with Gasteiger partial charge >= 0.3 is 0 Å². The van der Waals surface area contributed by atoms with Crippen LogP contribution in [0.15, 0.2) is 79.1 Å². The summed E-state index contributed by atoms with van der Waals surface area (Å²) in [6, 6.07) is 20.9. The molecule has 3 rings (SSSR count). The number of anilines is 1. The summed E-state index contributed by atoms with van der Waals surface area (Å²) in [5, 5.41) is 3.06. The molecule has 0 fully saturated rings. The molecule has 0 saturated carbocycles. The Morgan fingerprint density at radius 3 is 2.52 bits per heavy atom. The summed E-state index contributed by atoms with van der Waals surface area (Å²) < 4.78 is 5.85. The fraction of sp³-hybridized carbons (Fsp3) is 0.250. The average molecular weight is 389 g/mol. The Balaban J connectivity index is 1.72. The molecule has 150 valence electrons. The van der Waals surface area contributed by atoms with Crippen LogP contribution < -0.4 is 10.1 Å². The number of likely N-dealkylation sites (N-methyl/N-ethyl adjacent to an activating group) is 1. The minimum atomic E-state index is -0.342. The van der Waals surface area contributed by atoms with Gasteiger partial charge in [-0.1, -0.05) is 56.3 Å². The van der Waals surface area contributed by atoms with E-state index in [1.807, 2.05) is 66.7 Å². The second-order valence-corrected chi connectivity index (χ2v) is 6.70. The van der Waals surface area contributed by atoms with Crippen molar-refractivity contribution in [2.45, 2.75) is 26.5 Å². The van der Waals surface area contributed by atoms with E-state index in [9.17, 15) is 4.79 Å². The van der Waals surface area contributed by atoms with Crippen molar-refractivity contribution < 1.29 is 9.53 Å². The molecule has 1 atom stereocenters. The molecule has 0 aliphatic carbocycles. The van der Waals surface area contributed by atoms with E-state index in [-0.39, 0.29) is 11.9 Å². The number of pyridine rings is 1. The lowest BCUT2D eigenvalue weighted by Gasteiger charge is -2.29. The van der Waals surface area contributed by atoms with Crippen molar-refractivity contribution in [3.05, 3.63) is 90.3 Å². The zero-order valence-electron chi connectivity index (χ0n) is 16.9. The molecule has 0 radical (unpaired) electrons. The molecule has 0 saturated heterocycles. The van der Waals surface area contributed by atoms with Crippen LogP contribution in [-0.2, 0) is 11.4 Å². The second kappa shape index (κ2) is 10.4. The highest BCUT2D eigenvalue weighted by atomic mass is 16.5. The van der Waals surface area contributed by atoms with Gasteiger partial charge in [0.05, 0.1) is 0 Å². The van der Waals surface area contributed by atoms with Gasteiger partial charge in [-0.15, -0.1) is 0 Å². The zero-order chi connectivity index (χ0) is 20.5. The van der Waals surface area contributed by atoms with Crippen LogP contribution in [0.2, 0.25) is 0 Å². The van der Waals surface area contributed by atoms with Gasteiger partial charge in [0.25, 0.3) is 0 Å². The molecule has 1 heterocycles. The first-order valence-corrected chi connectivity index (χ1v) is 9.93. The number of carbonyl (C=O) groups is 1. The summed E-state index contributed by atoms with van der Waals surface area (Å²) in [7, 11) is 0. The molecule has 0 aliphatic heterocycles. The summed E-state index contributed by atoms with van der Waals surface area (Å²) in [4.78, 5) is 19.4. The Bertz CT molecular complexity index is 896. The summed E-state index contributed by atoms with van der Waals surface area (Å²) in [6.07, 6.45) is 3.51. The highest BCUT2D eigenvalue weighted by molar-refractivity contribution is 5.95. The van der Waals surface area contributed by atoms with Gasteiger partial charge in [0.2, 0.25) is 5.91 Å². The second-order valence-electron chi connectivity index (χ2n) is 6.70. The maximum atomic E-state index is 13.2. The van der Waals surface area contributed by atoms with E-state index in [0.717, 1.165) is 24.2 Å². The van der Waals surface area contributed by atoms with Gasteiger partial charge < -0.3 is 10.1 Å². The van der Waals surface area contributed by atoms with E-state index in [1.54, 1.807) is 12.4 Å². The predicted octanol–water partition coefficient (Wildman–Crippen LogP) is 4.68. The van der Waals surface area contributed by atoms with Crippen molar-refractivity contribution in [1.29, 1.82) is 0 Å². The van der Waals surface area contributed by atoms with Crippen LogP contribution in [0, 0.1) is 0 Å². The molecule has 1 unspecified atom stereocenters. The minimum Gasteiger partial charge on any atom is -0.489 e. The van der Waals surface area contributed by atoms with E-state index < -0.39 is 0 Å². The summed E-state index contributed by atoms with van der Waals surface area (Å²) in [5.41, 5.74) is 2.69. The first-order chi connectivity index (χ1) is 14.2. The zero-order valence-corrected chi connectivity index (χ0v) is 16.9. The average Bonchev–Trinajstić information content (AvgIpc) is 2.77. The van der Waals surface area contributed by atoms with Crippen LogP contribution in [0.3, 0.4) is 0 Å². The molecule has 1 amide bonds. The number of carbonyl (C=O) groups excluding carboxylic acids is 1. The van der Waals surface area contributed by atoms with Gasteiger partial charge in [0.1, 0.15) is 18.4 Å². The minimum absolute atomic E-state index is 0.0516. The molecule has 2 aromatic carbocycles. The first-order valence-electron chi connectivity index (χ1n) is 9.93. The molecule has 0 spiro atoms. The van der Waals surface area contributed by atoms with Gasteiger partial charge in [-0.2, -0.15) is 0 Å². The molecular formula is C24H27N3O2. The van der Waals surface area contributed by atoms with E-state index in [2.05, 4.69) is 29.0 Å². The van der Waals surface area contributed by atoms with Gasteiger partial charge in [0.15, 0.2) is 0 Å². The third kappa shape index (κ3) is 5.65. The quantitative estimate of drug-likeness (QED) is 0.577. The predicted molar refractivity (Wildman–Crippen MR) is 116 cm³/mol. The van der Waals surface area contributed by atoms with Crippen LogP contribution in [0.1, 0.15) is 31.0 Å². The number of ether oxygens (including phenoxy) is 1. The summed E-state index contributed by atoms with van der Waals surface area (Å²) >= 11 is 0. The fourth-order valence-corrected chi connectivity index (χ4v) is 3.28. The van der Waals surface area contributed by atoms with Gasteiger partial charge in [-0.05, 0) is 36.9 Å². The molecule has 0 aliphatic rings. The SMILES string of the molecule is CCN(CC)C(C(=O)Nc1cccc(OCc2cccnc2)c1)c1ccccc1. The molecule has 1 N–H and O–H groups in total. The van der Waals surface area contributed by atoms with E-state index in [0.29, 0.717) is 18.0 Å². The number of rotatable bonds is 9. The van der Waals surface area contributed by atoms with Crippen molar-refractivity contribution in [3.8, 4) is 5.75 Å². The van der Waals surface area contributed by atoms with Gasteiger partial charge in [-0.25, -0.2) is 0 Å². The maximum Gasteiger partial charge on any atom is 0.246 e. The topological polar surface area (TPSA) is 54.5 Å². The molecule has 5 heteroatoms. The number of aromatic nitrogens is 1. The third-order valence-corrected chi connectivity index (χ3v) is 4.77. The monoisotopic (exact) mass is 389 g/mol. The Morgan fingerprint density at radius 2 is 1.83 bits per heavy atom. The fourth-order valence-electron chi connectivity index (χ4n) is 3.28. The van der Waals surface area contributed by atoms with Crippen LogP contribution in [0.25, 0.3) is 0 Å². The molecule has 0 bridgehead atoms. The van der Waals surface area contributed by atoms with E-state index >= 15 is 0 Å². The number of nitrogens with one attached hydrogen (secondary N) is 1.